The highest BCUT2D eigenvalue weighted by Gasteiger charge is 2.52. The molecule has 2 aromatic rings. The second-order valence-electron chi connectivity index (χ2n) is 11.5. The van der Waals surface area contributed by atoms with Gasteiger partial charge in [0.1, 0.15) is 22.7 Å². The van der Waals surface area contributed by atoms with E-state index in [-0.39, 0.29) is 11.4 Å². The number of aromatic nitrogens is 2. The highest BCUT2D eigenvalue weighted by Crippen LogP contribution is 2.53. The summed E-state index contributed by atoms with van der Waals surface area (Å²) < 4.78 is 39.9. The number of rotatable bonds is 4. The lowest BCUT2D eigenvalue weighted by atomic mass is 9.74. The zero-order valence-electron chi connectivity index (χ0n) is 22.8. The molecule has 1 aliphatic carbocycles. The SMILES string of the molecule is COc1nc(N2CC3CCC(C2)N3)c(C#N)c(N2CC3(CCc4sc(N)c(C#N)c43)C2)n1.FC(F)(F)CN1CCC1. The van der Waals surface area contributed by atoms with Crippen molar-refractivity contribution in [3.63, 3.8) is 0 Å². The number of piperazine rings is 1. The molecule has 5 aliphatic rings. The molecule has 7 rings (SSSR count). The second kappa shape index (κ2) is 10.5. The molecule has 1 spiro atoms. The number of halogens is 3. The molecule has 41 heavy (non-hydrogen) atoms. The van der Waals surface area contributed by atoms with Crippen LogP contribution in [0.2, 0.25) is 0 Å². The number of alkyl halides is 3. The first-order chi connectivity index (χ1) is 19.6. The van der Waals surface area contributed by atoms with E-state index in [1.54, 1.807) is 18.4 Å². The summed E-state index contributed by atoms with van der Waals surface area (Å²) in [5.41, 5.74) is 8.29. The van der Waals surface area contributed by atoms with Gasteiger partial charge in [0.25, 0.3) is 0 Å². The number of nitrogens with two attached hydrogens (primary N) is 1. The molecule has 3 N–H and O–H groups in total. The molecule has 0 radical (unpaired) electrons. The van der Waals surface area contributed by atoms with Gasteiger partial charge in [-0.3, -0.25) is 4.90 Å². The monoisotopic (exact) mass is 587 g/mol. The number of nitrogens with one attached hydrogen (secondary N) is 1. The Morgan fingerprint density at radius 1 is 1.07 bits per heavy atom. The quantitative estimate of drug-likeness (QED) is 0.551. The lowest BCUT2D eigenvalue weighted by Crippen LogP contribution is -2.59. The largest absolute Gasteiger partial charge is 0.467 e. The van der Waals surface area contributed by atoms with Gasteiger partial charge >= 0.3 is 12.2 Å². The number of fused-ring (bicyclic) bond motifs is 4. The third kappa shape index (κ3) is 5.13. The summed E-state index contributed by atoms with van der Waals surface area (Å²) in [5.74, 6) is 1.29. The number of hydrogen-bond acceptors (Lipinski definition) is 11. The fourth-order valence-electron chi connectivity index (χ4n) is 6.80. The smallest absolute Gasteiger partial charge is 0.401 e. The van der Waals surface area contributed by atoms with E-state index in [0.29, 0.717) is 66.0 Å². The summed E-state index contributed by atoms with van der Waals surface area (Å²) in [7, 11) is 1.56. The van der Waals surface area contributed by atoms with Crippen LogP contribution in [-0.2, 0) is 11.8 Å². The van der Waals surface area contributed by atoms with E-state index in [0.717, 1.165) is 50.8 Å². The van der Waals surface area contributed by atoms with E-state index in [4.69, 9.17) is 10.5 Å². The first kappa shape index (κ1) is 27.8. The Bertz CT molecular complexity index is 1390. The molecule has 218 valence electrons. The van der Waals surface area contributed by atoms with Gasteiger partial charge in [-0.05, 0) is 50.8 Å². The van der Waals surface area contributed by atoms with E-state index >= 15 is 0 Å². The van der Waals surface area contributed by atoms with Gasteiger partial charge in [-0.2, -0.15) is 33.7 Å². The Labute approximate surface area is 240 Å². The fourth-order valence-corrected chi connectivity index (χ4v) is 7.94. The zero-order chi connectivity index (χ0) is 28.9. The summed E-state index contributed by atoms with van der Waals surface area (Å²) >= 11 is 1.54. The van der Waals surface area contributed by atoms with Crippen LogP contribution in [0.4, 0.5) is 29.8 Å². The third-order valence-electron chi connectivity index (χ3n) is 8.78. The van der Waals surface area contributed by atoms with Crippen LogP contribution in [-0.4, -0.2) is 86.1 Å². The van der Waals surface area contributed by atoms with Crippen molar-refractivity contribution in [3.05, 3.63) is 21.6 Å². The van der Waals surface area contributed by atoms with Gasteiger partial charge in [-0.25, -0.2) is 0 Å². The summed E-state index contributed by atoms with van der Waals surface area (Å²) in [6.07, 6.45) is 1.17. The van der Waals surface area contributed by atoms with Gasteiger partial charge in [-0.1, -0.05) is 0 Å². The molecule has 10 nitrogen and oxygen atoms in total. The van der Waals surface area contributed by atoms with Gasteiger partial charge in [0.2, 0.25) is 0 Å². The van der Waals surface area contributed by atoms with E-state index in [9.17, 15) is 23.7 Å². The number of hydrogen-bond donors (Lipinski definition) is 2. The van der Waals surface area contributed by atoms with E-state index < -0.39 is 12.7 Å². The van der Waals surface area contributed by atoms with Gasteiger partial charge in [0, 0.05) is 48.6 Å². The number of ether oxygens (including phenoxy) is 1. The Morgan fingerprint density at radius 2 is 1.71 bits per heavy atom. The first-order valence-corrected chi connectivity index (χ1v) is 14.7. The topological polar surface area (TPSA) is 130 Å². The molecule has 14 heteroatoms. The van der Waals surface area contributed by atoms with Gasteiger partial charge in [0.05, 0.1) is 19.2 Å². The summed E-state index contributed by atoms with van der Waals surface area (Å²) in [5, 5.41) is 24.0. The maximum atomic E-state index is 11.5. The van der Waals surface area contributed by atoms with Crippen molar-refractivity contribution in [2.75, 3.05) is 68.5 Å². The molecule has 2 bridgehead atoms. The molecule has 4 saturated heterocycles. The number of thiophene rings is 1. The van der Waals surface area contributed by atoms with Crippen molar-refractivity contribution in [2.45, 2.75) is 55.8 Å². The van der Waals surface area contributed by atoms with Crippen molar-refractivity contribution < 1.29 is 17.9 Å². The number of nitriles is 2. The maximum Gasteiger partial charge on any atom is 0.401 e. The van der Waals surface area contributed by atoms with Gasteiger partial charge in [-0.15, -0.1) is 11.3 Å². The minimum Gasteiger partial charge on any atom is -0.467 e. The average molecular weight is 588 g/mol. The Hall–Kier alpha value is -3.33. The average Bonchev–Trinajstić information content (AvgIpc) is 3.54. The van der Waals surface area contributed by atoms with Crippen LogP contribution in [0.3, 0.4) is 0 Å². The zero-order valence-corrected chi connectivity index (χ0v) is 23.6. The van der Waals surface area contributed by atoms with Crippen molar-refractivity contribution in [1.29, 1.82) is 10.5 Å². The molecule has 2 aromatic heterocycles. The highest BCUT2D eigenvalue weighted by atomic mass is 32.1. The minimum atomic E-state index is -4.00. The van der Waals surface area contributed by atoms with Gasteiger partial charge in [0.15, 0.2) is 11.6 Å². The molecule has 2 atom stereocenters. The Balaban J connectivity index is 0.000000289. The number of aryl methyl sites for hydroxylation is 1. The van der Waals surface area contributed by atoms with E-state index in [1.165, 1.54) is 9.78 Å². The van der Waals surface area contributed by atoms with E-state index in [1.807, 2.05) is 0 Å². The molecule has 0 aromatic carbocycles. The van der Waals surface area contributed by atoms with Crippen LogP contribution in [0.1, 0.15) is 47.3 Å². The van der Waals surface area contributed by atoms with Crippen LogP contribution in [0.25, 0.3) is 0 Å². The predicted octanol–water partition coefficient (Wildman–Crippen LogP) is 2.77. The van der Waals surface area contributed by atoms with Crippen LogP contribution in [0.15, 0.2) is 0 Å². The Kier molecular flexibility index (Phi) is 7.12. The summed E-state index contributed by atoms with van der Waals surface area (Å²) in [4.78, 5) is 16.2. The van der Waals surface area contributed by atoms with Crippen LogP contribution >= 0.6 is 11.3 Å². The molecule has 0 saturated carbocycles. The standard InChI is InChI=1S/C22H24N8OS.C5H8F3N/c1-31-21-27-19(29-8-12-2-3-13(9-29)26-12)15(7-24)20(28-21)30-10-22(11-30)5-4-16-17(22)14(6-23)18(25)32-16;6-5(7,8)4-9-2-1-3-9/h12-13,26H,2-5,8-11,25H2,1H3;1-4H2. The summed E-state index contributed by atoms with van der Waals surface area (Å²) in [6.45, 7) is 3.58. The van der Waals surface area contributed by atoms with Crippen molar-refractivity contribution >= 4 is 28.0 Å². The number of nitrogen functional groups attached to an aromatic ring is 1. The molecular formula is C27H32F3N9OS. The molecular weight excluding hydrogens is 555 g/mol. The van der Waals surface area contributed by atoms with Crippen molar-refractivity contribution in [1.82, 2.24) is 20.2 Å². The Morgan fingerprint density at radius 3 is 2.22 bits per heavy atom. The molecule has 2 unspecified atom stereocenters. The van der Waals surface area contributed by atoms with Crippen LogP contribution < -0.4 is 25.6 Å². The molecule has 0 amide bonds. The lowest BCUT2D eigenvalue weighted by Gasteiger charge is -2.49. The number of anilines is 3. The van der Waals surface area contributed by atoms with Crippen LogP contribution in [0, 0.1) is 22.7 Å². The number of likely N-dealkylation sites (tertiary alicyclic amines) is 1. The van der Waals surface area contributed by atoms with Gasteiger partial charge < -0.3 is 25.6 Å². The van der Waals surface area contributed by atoms with Crippen LogP contribution in [0.5, 0.6) is 6.01 Å². The summed E-state index contributed by atoms with van der Waals surface area (Å²) in [6, 6.07) is 5.85. The molecule has 4 fully saturated rings. The van der Waals surface area contributed by atoms with Crippen molar-refractivity contribution in [3.8, 4) is 18.1 Å². The highest BCUT2D eigenvalue weighted by molar-refractivity contribution is 7.16. The van der Waals surface area contributed by atoms with Crippen molar-refractivity contribution in [2.24, 2.45) is 0 Å². The third-order valence-corrected chi connectivity index (χ3v) is 9.86. The minimum absolute atomic E-state index is 0.0895. The lowest BCUT2D eigenvalue weighted by molar-refractivity contribution is -0.152. The number of methoxy groups -OCH3 is 1. The first-order valence-electron chi connectivity index (χ1n) is 13.9. The normalized spacial score (nSPS) is 24.0. The maximum absolute atomic E-state index is 11.5. The second-order valence-corrected chi connectivity index (χ2v) is 12.7. The van der Waals surface area contributed by atoms with E-state index in [2.05, 4.69) is 37.2 Å². The number of nitrogens with zero attached hydrogens (tertiary/aromatic N) is 7. The predicted molar refractivity (Wildman–Crippen MR) is 148 cm³/mol. The molecule has 4 aliphatic heterocycles. The fraction of sp³-hybridized carbons (Fsp3) is 0.630. The molecule has 6 heterocycles.